The maximum Gasteiger partial charge on any atom is 0.303 e. The molecule has 0 aromatic carbocycles. The first-order valence-electron chi connectivity index (χ1n) is 25.2. The van der Waals surface area contributed by atoms with Crippen LogP contribution in [0.1, 0.15) is 278 Å². The minimum absolute atomic E-state index is 0.324. The summed E-state index contributed by atoms with van der Waals surface area (Å²) in [6, 6.07) is 0. The Labute approximate surface area is 348 Å². The van der Waals surface area contributed by atoms with Crippen LogP contribution < -0.4 is 0 Å². The zero-order valence-electron chi connectivity index (χ0n) is 38.8. The Hall–Kier alpha value is -1.09. The summed E-state index contributed by atoms with van der Waals surface area (Å²) < 4.78 is 1.25. The van der Waals surface area contributed by atoms with Gasteiger partial charge in [0, 0.05) is 6.42 Å². The lowest BCUT2D eigenvalue weighted by Crippen LogP contribution is -2.41. The van der Waals surface area contributed by atoms with E-state index in [2.05, 4.69) is 59.2 Å². The van der Waals surface area contributed by atoms with Crippen molar-refractivity contribution in [2.45, 2.75) is 278 Å². The van der Waals surface area contributed by atoms with E-state index in [1.807, 2.05) is 0 Å². The van der Waals surface area contributed by atoms with Gasteiger partial charge >= 0.3 is 5.97 Å². The van der Waals surface area contributed by atoms with Crippen LogP contribution in [-0.4, -0.2) is 42.7 Å². The predicted octanol–water partition coefficient (Wildman–Crippen LogP) is 17.9. The molecule has 328 valence electrons. The van der Waals surface area contributed by atoms with Crippen molar-refractivity contribution < 1.29 is 14.4 Å². The fourth-order valence-corrected chi connectivity index (χ4v) is 7.67. The standard InChI is InChI=1S/C34H72N.C18H32O2/c1-5-7-9-11-13-15-17-19-21-23-25-27-29-31-33-35(3,4)34-32-30-28-26-24-22-20-18-16-14-12-10-8-6-2;1-2-3-4-5-6-7-8-9-10-11-12-13-14-15-16-17-18(19)20/h5-34H2,1-4H3;6-7,9-10H,2-5,8,11-17H2,1H3,(H,19,20)/q+1;/b;7-6-,10-9-. The van der Waals surface area contributed by atoms with Crippen LogP contribution in [0.3, 0.4) is 0 Å². The summed E-state index contributed by atoms with van der Waals surface area (Å²) in [5, 5.41) is 8.50. The molecule has 0 saturated heterocycles. The maximum atomic E-state index is 10.3. The third kappa shape index (κ3) is 55.1. The second-order valence-corrected chi connectivity index (χ2v) is 17.9. The molecule has 0 atom stereocenters. The van der Waals surface area contributed by atoms with Gasteiger partial charge in [0.1, 0.15) is 0 Å². The fourth-order valence-electron chi connectivity index (χ4n) is 7.67. The summed E-state index contributed by atoms with van der Waals surface area (Å²) in [5.74, 6) is -0.671. The van der Waals surface area contributed by atoms with Crippen molar-refractivity contribution in [3.8, 4) is 0 Å². The van der Waals surface area contributed by atoms with Crippen LogP contribution in [0.5, 0.6) is 0 Å². The van der Waals surface area contributed by atoms with Gasteiger partial charge in [-0.25, -0.2) is 0 Å². The summed E-state index contributed by atoms with van der Waals surface area (Å²) in [5.41, 5.74) is 0. The molecule has 0 fully saturated rings. The van der Waals surface area contributed by atoms with Gasteiger partial charge in [-0.05, 0) is 64.2 Å². The van der Waals surface area contributed by atoms with Gasteiger partial charge in [0.2, 0.25) is 0 Å². The molecule has 0 unspecified atom stereocenters. The first kappa shape index (κ1) is 56.0. The van der Waals surface area contributed by atoms with E-state index in [0.29, 0.717) is 6.42 Å². The van der Waals surface area contributed by atoms with Crippen LogP contribution in [-0.2, 0) is 4.79 Å². The lowest BCUT2D eigenvalue weighted by Gasteiger charge is -2.30. The average Bonchev–Trinajstić information content (AvgIpc) is 3.16. The second-order valence-electron chi connectivity index (χ2n) is 17.9. The van der Waals surface area contributed by atoms with Gasteiger partial charge in [-0.2, -0.15) is 0 Å². The van der Waals surface area contributed by atoms with E-state index in [4.69, 9.17) is 5.11 Å². The lowest BCUT2D eigenvalue weighted by molar-refractivity contribution is -0.890. The van der Waals surface area contributed by atoms with Crippen molar-refractivity contribution in [1.82, 2.24) is 0 Å². The number of hydrogen-bond donors (Lipinski definition) is 1. The fraction of sp³-hybridized carbons (Fsp3) is 0.904. The molecule has 0 bridgehead atoms. The van der Waals surface area contributed by atoms with Crippen LogP contribution >= 0.6 is 0 Å². The molecule has 0 aliphatic heterocycles. The lowest BCUT2D eigenvalue weighted by atomic mass is 10.0. The first-order valence-corrected chi connectivity index (χ1v) is 25.2. The molecule has 55 heavy (non-hydrogen) atoms. The highest BCUT2D eigenvalue weighted by Crippen LogP contribution is 2.16. The molecule has 0 amide bonds. The third-order valence-corrected chi connectivity index (χ3v) is 11.6. The summed E-state index contributed by atoms with van der Waals surface area (Å²) >= 11 is 0. The van der Waals surface area contributed by atoms with Gasteiger partial charge in [-0.1, -0.05) is 231 Å². The molecule has 0 spiro atoms. The molecule has 3 heteroatoms. The summed E-state index contributed by atoms with van der Waals surface area (Å²) in [7, 11) is 4.93. The third-order valence-electron chi connectivity index (χ3n) is 11.6. The van der Waals surface area contributed by atoms with E-state index in [1.165, 1.54) is 242 Å². The summed E-state index contributed by atoms with van der Waals surface area (Å²) in [6.45, 7) is 9.62. The molecular weight excluding hydrogens is 671 g/mol. The number of nitrogens with zero attached hydrogens (tertiary/aromatic N) is 1. The Morgan fingerprint density at radius 3 is 0.945 bits per heavy atom. The SMILES string of the molecule is CCCCC/C=C\C/C=C\CCCCCCCC(=O)O.CCCCCCCCCCCCCCCC[N+](C)(C)CCCCCCCCCCCCCCCC. The van der Waals surface area contributed by atoms with Crippen LogP contribution in [0.25, 0.3) is 0 Å². The zero-order valence-corrected chi connectivity index (χ0v) is 38.8. The highest BCUT2D eigenvalue weighted by atomic mass is 16.4. The molecule has 0 aliphatic rings. The molecular formula is C52H104NO2+. The van der Waals surface area contributed by atoms with E-state index in [1.54, 1.807) is 0 Å². The predicted molar refractivity (Wildman–Crippen MR) is 249 cm³/mol. The second kappa shape index (κ2) is 49.1. The Bertz CT molecular complexity index is 738. The van der Waals surface area contributed by atoms with E-state index in [0.717, 1.165) is 25.7 Å². The Kier molecular flexibility index (Phi) is 50.0. The van der Waals surface area contributed by atoms with Gasteiger partial charge in [0.25, 0.3) is 0 Å². The van der Waals surface area contributed by atoms with Crippen molar-refractivity contribution >= 4 is 5.97 Å². The Morgan fingerprint density at radius 2 is 0.618 bits per heavy atom. The van der Waals surface area contributed by atoms with Gasteiger partial charge in [-0.3, -0.25) is 4.79 Å². The number of allylic oxidation sites excluding steroid dienone is 4. The molecule has 0 radical (unpaired) electrons. The molecule has 0 aliphatic carbocycles. The largest absolute Gasteiger partial charge is 0.481 e. The van der Waals surface area contributed by atoms with Gasteiger partial charge < -0.3 is 9.59 Å². The molecule has 0 heterocycles. The van der Waals surface area contributed by atoms with E-state index < -0.39 is 5.97 Å². The number of carboxylic acids is 1. The minimum atomic E-state index is -0.671. The molecule has 0 rings (SSSR count). The number of aliphatic carboxylic acids is 1. The van der Waals surface area contributed by atoms with E-state index in [-0.39, 0.29) is 0 Å². The quantitative estimate of drug-likeness (QED) is 0.0380. The number of hydrogen-bond acceptors (Lipinski definition) is 1. The van der Waals surface area contributed by atoms with Gasteiger partial charge in [0.05, 0.1) is 27.2 Å². The number of quaternary nitrogens is 1. The minimum Gasteiger partial charge on any atom is -0.481 e. The average molecular weight is 775 g/mol. The van der Waals surface area contributed by atoms with Crippen molar-refractivity contribution in [1.29, 1.82) is 0 Å². The summed E-state index contributed by atoms with van der Waals surface area (Å²) in [4.78, 5) is 10.3. The van der Waals surface area contributed by atoms with Crippen molar-refractivity contribution in [2.75, 3.05) is 27.2 Å². The molecule has 3 nitrogen and oxygen atoms in total. The highest BCUT2D eigenvalue weighted by Gasteiger charge is 2.13. The number of carboxylic acid groups (broad SMARTS) is 1. The normalized spacial score (nSPS) is 11.9. The van der Waals surface area contributed by atoms with Crippen molar-refractivity contribution in [2.24, 2.45) is 0 Å². The van der Waals surface area contributed by atoms with Crippen molar-refractivity contribution in [3.63, 3.8) is 0 Å². The van der Waals surface area contributed by atoms with Crippen LogP contribution in [0, 0.1) is 0 Å². The smallest absolute Gasteiger partial charge is 0.303 e. The van der Waals surface area contributed by atoms with Crippen molar-refractivity contribution in [3.05, 3.63) is 24.3 Å². The molecule has 0 aromatic rings. The molecule has 1 N–H and O–H groups in total. The Morgan fingerprint density at radius 1 is 0.364 bits per heavy atom. The zero-order chi connectivity index (χ0) is 40.6. The summed E-state index contributed by atoms with van der Waals surface area (Å²) in [6.07, 6.45) is 63.2. The molecule has 0 aromatic heterocycles. The Balaban J connectivity index is 0. The number of carbonyl (C=O) groups is 1. The highest BCUT2D eigenvalue weighted by molar-refractivity contribution is 5.66. The maximum absolute atomic E-state index is 10.3. The number of unbranched alkanes of at least 4 members (excludes halogenated alkanes) is 34. The van der Waals surface area contributed by atoms with Crippen LogP contribution in [0.15, 0.2) is 24.3 Å². The number of rotatable bonds is 44. The van der Waals surface area contributed by atoms with E-state index in [9.17, 15) is 4.79 Å². The topological polar surface area (TPSA) is 37.3 Å². The van der Waals surface area contributed by atoms with Gasteiger partial charge in [0.15, 0.2) is 0 Å². The van der Waals surface area contributed by atoms with Gasteiger partial charge in [-0.15, -0.1) is 0 Å². The van der Waals surface area contributed by atoms with Crippen LogP contribution in [0.4, 0.5) is 0 Å². The first-order chi connectivity index (χ1) is 26.9. The van der Waals surface area contributed by atoms with Crippen LogP contribution in [0.2, 0.25) is 0 Å². The van der Waals surface area contributed by atoms with E-state index >= 15 is 0 Å². The molecule has 0 saturated carbocycles. The monoisotopic (exact) mass is 775 g/mol.